The van der Waals surface area contributed by atoms with Crippen LogP contribution in [0, 0.1) is 11.3 Å². The van der Waals surface area contributed by atoms with Gasteiger partial charge in [-0.25, -0.2) is 0 Å². The van der Waals surface area contributed by atoms with E-state index in [9.17, 15) is 8.78 Å². The number of nitrogens with zero attached hydrogens (tertiary/aromatic N) is 1. The molecular weight excluding hydrogens is 176 g/mol. The molecule has 4 heteroatoms. The molecule has 0 saturated carbocycles. The fraction of sp³-hybridized carbons (Fsp3) is 0.222. The summed E-state index contributed by atoms with van der Waals surface area (Å²) in [5.74, 6) is -3.23. The first-order chi connectivity index (χ1) is 6.10. The molecule has 0 aliphatic rings. The van der Waals surface area contributed by atoms with Gasteiger partial charge < -0.3 is 5.11 Å². The molecular formula is C9H7F2NO. The molecule has 1 aromatic rings. The van der Waals surface area contributed by atoms with Crippen LogP contribution in [0.15, 0.2) is 24.3 Å². The van der Waals surface area contributed by atoms with Gasteiger partial charge in [0.05, 0.1) is 11.6 Å². The van der Waals surface area contributed by atoms with Crippen LogP contribution < -0.4 is 0 Å². The van der Waals surface area contributed by atoms with Gasteiger partial charge in [0.2, 0.25) is 0 Å². The number of hydrogen-bond donors (Lipinski definition) is 1. The lowest BCUT2D eigenvalue weighted by molar-refractivity contribution is -0.0556. The average molecular weight is 183 g/mol. The zero-order valence-electron chi connectivity index (χ0n) is 6.67. The second-order valence-electron chi connectivity index (χ2n) is 2.55. The van der Waals surface area contributed by atoms with Gasteiger partial charge in [0, 0.05) is 5.56 Å². The van der Waals surface area contributed by atoms with Crippen LogP contribution in [-0.4, -0.2) is 11.7 Å². The zero-order chi connectivity index (χ0) is 9.90. The predicted molar refractivity (Wildman–Crippen MR) is 42.1 cm³/mol. The highest BCUT2D eigenvalue weighted by Gasteiger charge is 2.29. The number of nitriles is 1. The van der Waals surface area contributed by atoms with E-state index in [1.165, 1.54) is 12.1 Å². The average Bonchev–Trinajstić information content (AvgIpc) is 2.18. The number of rotatable bonds is 2. The third-order valence-electron chi connectivity index (χ3n) is 1.63. The lowest BCUT2D eigenvalue weighted by Crippen LogP contribution is -2.18. The maximum absolute atomic E-state index is 12.8. The Morgan fingerprint density at radius 1 is 1.31 bits per heavy atom. The molecule has 1 N–H and O–H groups in total. The van der Waals surface area contributed by atoms with Gasteiger partial charge in [-0.15, -0.1) is 0 Å². The van der Waals surface area contributed by atoms with E-state index < -0.39 is 12.5 Å². The molecule has 0 saturated heterocycles. The first-order valence-corrected chi connectivity index (χ1v) is 3.59. The Balaban J connectivity index is 3.00. The number of aliphatic hydroxyl groups excluding tert-OH is 1. The van der Waals surface area contributed by atoms with Gasteiger partial charge in [0.15, 0.2) is 0 Å². The van der Waals surface area contributed by atoms with Crippen LogP contribution in [0.25, 0.3) is 0 Å². The van der Waals surface area contributed by atoms with Gasteiger partial charge in [-0.05, 0) is 12.1 Å². The summed E-state index contributed by atoms with van der Waals surface area (Å²) < 4.78 is 25.6. The van der Waals surface area contributed by atoms with E-state index in [4.69, 9.17) is 10.4 Å². The van der Waals surface area contributed by atoms with Crippen LogP contribution in [0.1, 0.15) is 11.1 Å². The lowest BCUT2D eigenvalue weighted by atomic mass is 10.1. The normalized spacial score (nSPS) is 10.9. The fourth-order valence-corrected chi connectivity index (χ4v) is 0.880. The second-order valence-corrected chi connectivity index (χ2v) is 2.55. The molecule has 0 spiro atoms. The Morgan fingerprint density at radius 3 is 2.23 bits per heavy atom. The van der Waals surface area contributed by atoms with Gasteiger partial charge in [0.25, 0.3) is 5.92 Å². The van der Waals surface area contributed by atoms with Crippen LogP contribution in [-0.2, 0) is 5.92 Å². The third-order valence-corrected chi connectivity index (χ3v) is 1.63. The van der Waals surface area contributed by atoms with Crippen LogP contribution in [0.4, 0.5) is 8.78 Å². The first-order valence-electron chi connectivity index (χ1n) is 3.59. The third kappa shape index (κ3) is 2.01. The zero-order valence-corrected chi connectivity index (χ0v) is 6.67. The van der Waals surface area contributed by atoms with Crippen molar-refractivity contribution in [3.63, 3.8) is 0 Å². The highest BCUT2D eigenvalue weighted by atomic mass is 19.3. The minimum atomic E-state index is -3.23. The summed E-state index contributed by atoms with van der Waals surface area (Å²) in [4.78, 5) is 0. The number of aliphatic hydroxyl groups is 1. The Morgan fingerprint density at radius 2 is 1.85 bits per heavy atom. The molecule has 0 aromatic heterocycles. The summed E-state index contributed by atoms with van der Waals surface area (Å²) in [6.07, 6.45) is 0. The molecule has 0 unspecified atom stereocenters. The van der Waals surface area contributed by atoms with Gasteiger partial charge in [-0.2, -0.15) is 14.0 Å². The van der Waals surface area contributed by atoms with E-state index in [2.05, 4.69) is 0 Å². The van der Waals surface area contributed by atoms with E-state index in [0.29, 0.717) is 5.56 Å². The summed E-state index contributed by atoms with van der Waals surface area (Å²) in [5, 5.41) is 16.8. The molecule has 13 heavy (non-hydrogen) atoms. The van der Waals surface area contributed by atoms with Crippen molar-refractivity contribution in [1.82, 2.24) is 0 Å². The van der Waals surface area contributed by atoms with Crippen LogP contribution in [0.5, 0.6) is 0 Å². The molecule has 0 radical (unpaired) electrons. The van der Waals surface area contributed by atoms with E-state index >= 15 is 0 Å². The molecule has 0 aliphatic carbocycles. The van der Waals surface area contributed by atoms with Crippen LogP contribution in [0.2, 0.25) is 0 Å². The Kier molecular flexibility index (Phi) is 2.59. The Hall–Kier alpha value is -1.47. The highest BCUT2D eigenvalue weighted by Crippen LogP contribution is 2.26. The predicted octanol–water partition coefficient (Wildman–Crippen LogP) is 1.64. The quantitative estimate of drug-likeness (QED) is 0.757. The SMILES string of the molecule is N#Cc1ccc(C(F)(F)CO)cc1. The van der Waals surface area contributed by atoms with Gasteiger partial charge in [0.1, 0.15) is 6.61 Å². The van der Waals surface area contributed by atoms with E-state index in [-0.39, 0.29) is 5.56 Å². The summed E-state index contributed by atoms with van der Waals surface area (Å²) in [5.41, 5.74) is 0.0338. The van der Waals surface area contributed by atoms with Crippen molar-refractivity contribution in [2.24, 2.45) is 0 Å². The Labute approximate surface area is 74.0 Å². The standard InChI is InChI=1S/C9H7F2NO/c10-9(11,6-13)8-3-1-7(5-12)2-4-8/h1-4,13H,6H2. The topological polar surface area (TPSA) is 44.0 Å². The molecule has 1 rings (SSSR count). The van der Waals surface area contributed by atoms with Crippen LogP contribution >= 0.6 is 0 Å². The molecule has 68 valence electrons. The van der Waals surface area contributed by atoms with E-state index in [1.807, 2.05) is 6.07 Å². The van der Waals surface area contributed by atoms with Crippen molar-refractivity contribution in [2.45, 2.75) is 5.92 Å². The molecule has 0 amide bonds. The van der Waals surface area contributed by atoms with E-state index in [1.54, 1.807) is 0 Å². The highest BCUT2D eigenvalue weighted by molar-refractivity contribution is 5.33. The van der Waals surface area contributed by atoms with Crippen LogP contribution in [0.3, 0.4) is 0 Å². The minimum Gasteiger partial charge on any atom is -0.390 e. The summed E-state index contributed by atoms with van der Waals surface area (Å²) in [6.45, 7) is -1.22. The molecule has 2 nitrogen and oxygen atoms in total. The summed E-state index contributed by atoms with van der Waals surface area (Å²) >= 11 is 0. The molecule has 0 fully saturated rings. The number of alkyl halides is 2. The minimum absolute atomic E-state index is 0.283. The lowest BCUT2D eigenvalue weighted by Gasteiger charge is -2.12. The monoisotopic (exact) mass is 183 g/mol. The van der Waals surface area contributed by atoms with E-state index in [0.717, 1.165) is 12.1 Å². The van der Waals surface area contributed by atoms with Crippen molar-refractivity contribution < 1.29 is 13.9 Å². The molecule has 0 bridgehead atoms. The molecule has 0 atom stereocenters. The number of benzene rings is 1. The smallest absolute Gasteiger partial charge is 0.295 e. The molecule has 0 aliphatic heterocycles. The van der Waals surface area contributed by atoms with Gasteiger partial charge in [-0.1, -0.05) is 12.1 Å². The fourth-order valence-electron chi connectivity index (χ4n) is 0.880. The van der Waals surface area contributed by atoms with Crippen molar-refractivity contribution >= 4 is 0 Å². The molecule has 1 aromatic carbocycles. The second kappa shape index (κ2) is 3.50. The number of hydrogen-bond acceptors (Lipinski definition) is 2. The van der Waals surface area contributed by atoms with Crippen molar-refractivity contribution in [1.29, 1.82) is 5.26 Å². The maximum Gasteiger partial charge on any atom is 0.295 e. The maximum atomic E-state index is 12.8. The first kappa shape index (κ1) is 9.62. The van der Waals surface area contributed by atoms with Gasteiger partial charge in [-0.3, -0.25) is 0 Å². The summed E-state index contributed by atoms with van der Waals surface area (Å²) in [7, 11) is 0. The van der Waals surface area contributed by atoms with Gasteiger partial charge >= 0.3 is 0 Å². The van der Waals surface area contributed by atoms with Crippen molar-refractivity contribution in [3.8, 4) is 6.07 Å². The molecule has 0 heterocycles. The van der Waals surface area contributed by atoms with Crippen molar-refractivity contribution in [3.05, 3.63) is 35.4 Å². The van der Waals surface area contributed by atoms with Crippen molar-refractivity contribution in [2.75, 3.05) is 6.61 Å². The largest absolute Gasteiger partial charge is 0.390 e. The Bertz CT molecular complexity index is 326. The number of halogens is 2. The summed E-state index contributed by atoms with van der Waals surface area (Å²) in [6, 6.07) is 6.66.